The van der Waals surface area contributed by atoms with E-state index in [0.717, 1.165) is 41.3 Å². The van der Waals surface area contributed by atoms with Crippen molar-refractivity contribution in [3.8, 4) is 11.3 Å². The molecule has 21 heavy (non-hydrogen) atoms. The summed E-state index contributed by atoms with van der Waals surface area (Å²) in [7, 11) is 0. The van der Waals surface area contributed by atoms with Gasteiger partial charge in [0.2, 0.25) is 0 Å². The quantitative estimate of drug-likeness (QED) is 0.754. The molecule has 0 spiro atoms. The van der Waals surface area contributed by atoms with E-state index < -0.39 is 0 Å². The third-order valence-corrected chi connectivity index (χ3v) is 3.35. The lowest BCUT2D eigenvalue weighted by molar-refractivity contribution is 0.679. The molecule has 4 nitrogen and oxygen atoms in total. The number of nitrogens with one attached hydrogen (secondary N) is 2. The Morgan fingerprint density at radius 3 is 2.67 bits per heavy atom. The van der Waals surface area contributed by atoms with Crippen molar-refractivity contribution in [3.05, 3.63) is 71.7 Å². The number of aromatic amines is 1. The molecule has 0 saturated carbocycles. The molecule has 0 amide bonds. The third-order valence-electron chi connectivity index (χ3n) is 3.35. The van der Waals surface area contributed by atoms with E-state index >= 15 is 0 Å². The largest absolute Gasteiger partial charge is 0.307 e. The molecule has 2 aromatic heterocycles. The number of hydrogen-bond acceptors (Lipinski definition) is 3. The van der Waals surface area contributed by atoms with Gasteiger partial charge in [-0.15, -0.1) is 0 Å². The van der Waals surface area contributed by atoms with Crippen LogP contribution in [0.25, 0.3) is 11.3 Å². The standard InChI is InChI=1S/C17H18N4/c1-13-6-5-9-16(20-13)12-18-10-15-11-19-21-17(15)14-7-3-2-4-8-14/h2-9,11,18H,10,12H2,1H3,(H,19,21). The molecule has 0 unspecified atom stereocenters. The van der Waals surface area contributed by atoms with E-state index in [2.05, 4.69) is 32.6 Å². The van der Waals surface area contributed by atoms with Gasteiger partial charge in [-0.25, -0.2) is 0 Å². The van der Waals surface area contributed by atoms with Crippen molar-refractivity contribution in [1.29, 1.82) is 0 Å². The van der Waals surface area contributed by atoms with Crippen LogP contribution in [-0.4, -0.2) is 15.2 Å². The first-order valence-corrected chi connectivity index (χ1v) is 7.04. The van der Waals surface area contributed by atoms with Crippen LogP contribution >= 0.6 is 0 Å². The number of benzene rings is 1. The van der Waals surface area contributed by atoms with Gasteiger partial charge in [0.1, 0.15) is 0 Å². The second-order valence-electron chi connectivity index (χ2n) is 5.01. The van der Waals surface area contributed by atoms with Crippen LogP contribution in [0.2, 0.25) is 0 Å². The molecule has 0 bridgehead atoms. The Labute approximate surface area is 124 Å². The molecule has 3 aromatic rings. The van der Waals surface area contributed by atoms with Gasteiger partial charge in [0.25, 0.3) is 0 Å². The number of H-pyrrole nitrogens is 1. The molecule has 0 aliphatic carbocycles. The lowest BCUT2D eigenvalue weighted by Gasteiger charge is -2.06. The maximum atomic E-state index is 4.49. The van der Waals surface area contributed by atoms with Crippen LogP contribution in [0.4, 0.5) is 0 Å². The van der Waals surface area contributed by atoms with Gasteiger partial charge in [0, 0.05) is 24.3 Å². The predicted molar refractivity (Wildman–Crippen MR) is 83.5 cm³/mol. The van der Waals surface area contributed by atoms with Gasteiger partial charge in [0.05, 0.1) is 17.6 Å². The second-order valence-corrected chi connectivity index (χ2v) is 5.01. The highest BCUT2D eigenvalue weighted by atomic mass is 15.1. The molecule has 4 heteroatoms. The maximum Gasteiger partial charge on any atom is 0.0695 e. The molecule has 0 aliphatic heterocycles. The Balaban J connectivity index is 1.66. The van der Waals surface area contributed by atoms with Crippen molar-refractivity contribution in [2.24, 2.45) is 0 Å². The lowest BCUT2D eigenvalue weighted by atomic mass is 10.1. The molecule has 3 rings (SSSR count). The van der Waals surface area contributed by atoms with Crippen LogP contribution in [0.5, 0.6) is 0 Å². The summed E-state index contributed by atoms with van der Waals surface area (Å²) < 4.78 is 0. The fraction of sp³-hybridized carbons (Fsp3) is 0.176. The van der Waals surface area contributed by atoms with Crippen LogP contribution in [0.1, 0.15) is 17.0 Å². The van der Waals surface area contributed by atoms with Gasteiger partial charge < -0.3 is 5.32 Å². The van der Waals surface area contributed by atoms with Gasteiger partial charge in [-0.2, -0.15) is 5.10 Å². The van der Waals surface area contributed by atoms with Gasteiger partial charge in [-0.05, 0) is 24.6 Å². The zero-order valence-electron chi connectivity index (χ0n) is 12.0. The fourth-order valence-corrected chi connectivity index (χ4v) is 2.32. The second kappa shape index (κ2) is 6.33. The molecule has 2 N–H and O–H groups in total. The van der Waals surface area contributed by atoms with Crippen molar-refractivity contribution in [3.63, 3.8) is 0 Å². The molecule has 0 radical (unpaired) electrons. The fourth-order valence-electron chi connectivity index (χ4n) is 2.32. The monoisotopic (exact) mass is 278 g/mol. The summed E-state index contributed by atoms with van der Waals surface area (Å²) in [6.45, 7) is 3.52. The van der Waals surface area contributed by atoms with E-state index in [1.54, 1.807) is 0 Å². The Kier molecular flexibility index (Phi) is 4.07. The topological polar surface area (TPSA) is 53.6 Å². The molecule has 0 aliphatic rings. The third kappa shape index (κ3) is 3.35. The first-order valence-electron chi connectivity index (χ1n) is 7.04. The number of hydrogen-bond donors (Lipinski definition) is 2. The Bertz CT molecular complexity index is 704. The average Bonchev–Trinajstić information content (AvgIpc) is 2.97. The van der Waals surface area contributed by atoms with Crippen LogP contribution in [-0.2, 0) is 13.1 Å². The van der Waals surface area contributed by atoms with Crippen molar-refractivity contribution in [1.82, 2.24) is 20.5 Å². The van der Waals surface area contributed by atoms with E-state index in [1.165, 1.54) is 0 Å². The van der Waals surface area contributed by atoms with Crippen molar-refractivity contribution >= 4 is 0 Å². The van der Waals surface area contributed by atoms with E-state index in [9.17, 15) is 0 Å². The van der Waals surface area contributed by atoms with E-state index in [4.69, 9.17) is 0 Å². The number of aryl methyl sites for hydroxylation is 1. The average molecular weight is 278 g/mol. The zero-order valence-corrected chi connectivity index (χ0v) is 12.0. The van der Waals surface area contributed by atoms with Crippen molar-refractivity contribution in [2.45, 2.75) is 20.0 Å². The summed E-state index contributed by atoms with van der Waals surface area (Å²) in [6, 6.07) is 16.3. The molecular formula is C17H18N4. The Hall–Kier alpha value is -2.46. The molecule has 0 saturated heterocycles. The first kappa shape index (κ1) is 13.5. The Morgan fingerprint density at radius 2 is 1.86 bits per heavy atom. The summed E-state index contributed by atoms with van der Waals surface area (Å²) in [4.78, 5) is 4.49. The molecule has 1 aromatic carbocycles. The minimum absolute atomic E-state index is 0.751. The lowest BCUT2D eigenvalue weighted by Crippen LogP contribution is -2.14. The Morgan fingerprint density at radius 1 is 1.00 bits per heavy atom. The maximum absolute atomic E-state index is 4.49. The molecule has 0 atom stereocenters. The summed E-state index contributed by atoms with van der Waals surface area (Å²) in [5, 5.41) is 10.7. The molecular weight excluding hydrogens is 260 g/mol. The minimum atomic E-state index is 0.751. The summed E-state index contributed by atoms with van der Waals surface area (Å²) >= 11 is 0. The highest BCUT2D eigenvalue weighted by Gasteiger charge is 2.06. The van der Waals surface area contributed by atoms with Crippen molar-refractivity contribution in [2.75, 3.05) is 0 Å². The number of nitrogens with zero attached hydrogens (tertiary/aromatic N) is 2. The van der Waals surface area contributed by atoms with Gasteiger partial charge in [-0.3, -0.25) is 10.1 Å². The van der Waals surface area contributed by atoms with E-state index in [0.29, 0.717) is 0 Å². The van der Waals surface area contributed by atoms with Crippen LogP contribution < -0.4 is 5.32 Å². The number of aromatic nitrogens is 3. The molecule has 0 fully saturated rings. The van der Waals surface area contributed by atoms with Crippen molar-refractivity contribution < 1.29 is 0 Å². The highest BCUT2D eigenvalue weighted by molar-refractivity contribution is 5.62. The van der Waals surface area contributed by atoms with Gasteiger partial charge in [0.15, 0.2) is 0 Å². The summed E-state index contributed by atoms with van der Waals surface area (Å²) in [5.41, 5.74) is 5.48. The summed E-state index contributed by atoms with van der Waals surface area (Å²) in [5.74, 6) is 0. The van der Waals surface area contributed by atoms with E-state index in [1.807, 2.05) is 49.5 Å². The van der Waals surface area contributed by atoms with Crippen LogP contribution in [0.15, 0.2) is 54.7 Å². The molecule has 2 heterocycles. The van der Waals surface area contributed by atoms with E-state index in [-0.39, 0.29) is 0 Å². The normalized spacial score (nSPS) is 10.7. The molecule has 106 valence electrons. The van der Waals surface area contributed by atoms with Gasteiger partial charge >= 0.3 is 0 Å². The first-order chi connectivity index (χ1) is 10.3. The van der Waals surface area contributed by atoms with Crippen LogP contribution in [0, 0.1) is 6.92 Å². The summed E-state index contributed by atoms with van der Waals surface area (Å²) in [6.07, 6.45) is 1.87. The minimum Gasteiger partial charge on any atom is -0.307 e. The smallest absolute Gasteiger partial charge is 0.0695 e. The zero-order chi connectivity index (χ0) is 14.5. The highest BCUT2D eigenvalue weighted by Crippen LogP contribution is 2.20. The predicted octanol–water partition coefficient (Wildman–Crippen LogP) is 3.07. The number of pyridine rings is 1. The SMILES string of the molecule is Cc1cccc(CNCc2cn[nH]c2-c2ccccc2)n1. The van der Waals surface area contributed by atoms with Gasteiger partial charge in [-0.1, -0.05) is 36.4 Å². The van der Waals surface area contributed by atoms with Crippen LogP contribution in [0.3, 0.4) is 0 Å². The number of rotatable bonds is 5.